The maximum Gasteiger partial charge on any atom is 0.226 e. The molecule has 0 unspecified atom stereocenters. The van der Waals surface area contributed by atoms with Gasteiger partial charge in [-0.05, 0) is 26.3 Å². The zero-order valence-corrected chi connectivity index (χ0v) is 11.3. The number of hydrogen-bond donors (Lipinski definition) is 0. The Balaban J connectivity index is 1.74. The molecule has 1 saturated heterocycles. The molecule has 0 bridgehead atoms. The minimum absolute atomic E-state index is 0.237. The summed E-state index contributed by atoms with van der Waals surface area (Å²) in [5.74, 6) is 2.35. The van der Waals surface area contributed by atoms with Crippen molar-refractivity contribution in [2.45, 2.75) is 45.7 Å². The smallest absolute Gasteiger partial charge is 0.226 e. The number of aryl methyl sites for hydroxylation is 2. The van der Waals surface area contributed by atoms with Crippen LogP contribution in [0.3, 0.4) is 0 Å². The van der Waals surface area contributed by atoms with Gasteiger partial charge in [0.15, 0.2) is 5.82 Å². The molecule has 6 heteroatoms. The second kappa shape index (κ2) is 5.13. The van der Waals surface area contributed by atoms with Crippen LogP contribution in [0.4, 0.5) is 0 Å². The molecule has 1 fully saturated rings. The first-order chi connectivity index (χ1) is 9.26. The van der Waals surface area contributed by atoms with Crippen LogP contribution in [-0.4, -0.2) is 26.7 Å². The summed E-state index contributed by atoms with van der Waals surface area (Å²) in [7, 11) is 0. The second-order valence-corrected chi connectivity index (χ2v) is 4.96. The zero-order chi connectivity index (χ0) is 13.2. The molecule has 0 radical (unpaired) electrons. The second-order valence-electron chi connectivity index (χ2n) is 4.96. The number of likely N-dealkylation sites (tertiary alicyclic amines) is 1. The highest BCUT2D eigenvalue weighted by Crippen LogP contribution is 2.31. The average molecular weight is 262 g/mol. The Hall–Kier alpha value is -1.69. The molecule has 1 aliphatic rings. The van der Waals surface area contributed by atoms with Gasteiger partial charge in [-0.25, -0.2) is 0 Å². The zero-order valence-electron chi connectivity index (χ0n) is 11.3. The van der Waals surface area contributed by atoms with Gasteiger partial charge in [-0.1, -0.05) is 17.2 Å². The van der Waals surface area contributed by atoms with E-state index in [1.165, 1.54) is 0 Å². The predicted octanol–water partition coefficient (Wildman–Crippen LogP) is 2.27. The highest BCUT2D eigenvalue weighted by Gasteiger charge is 2.30. The molecule has 0 spiro atoms. The van der Waals surface area contributed by atoms with Gasteiger partial charge in [-0.15, -0.1) is 0 Å². The van der Waals surface area contributed by atoms with Gasteiger partial charge in [0.05, 0.1) is 11.7 Å². The maximum absolute atomic E-state index is 5.21. The van der Waals surface area contributed by atoms with E-state index in [2.05, 4.69) is 20.2 Å². The number of rotatable bonds is 4. The van der Waals surface area contributed by atoms with Crippen molar-refractivity contribution in [2.24, 2.45) is 0 Å². The molecule has 19 heavy (non-hydrogen) atoms. The van der Waals surface area contributed by atoms with Crippen LogP contribution >= 0.6 is 0 Å². The van der Waals surface area contributed by atoms with Gasteiger partial charge in [-0.2, -0.15) is 4.98 Å². The standard InChI is InChI=1S/C13H18N4O2/c1-3-12-14-13(16-19-12)11-5-4-6-17(11)8-10-7-9(2)18-15-10/h7,11H,3-6,8H2,1-2H3/t11-/m0/s1. The molecular weight excluding hydrogens is 244 g/mol. The van der Waals surface area contributed by atoms with Crippen LogP contribution in [0.2, 0.25) is 0 Å². The Morgan fingerprint density at radius 3 is 2.95 bits per heavy atom. The monoisotopic (exact) mass is 262 g/mol. The first-order valence-electron chi connectivity index (χ1n) is 6.75. The topological polar surface area (TPSA) is 68.2 Å². The van der Waals surface area contributed by atoms with Crippen molar-refractivity contribution in [1.82, 2.24) is 20.2 Å². The van der Waals surface area contributed by atoms with Crippen molar-refractivity contribution in [3.63, 3.8) is 0 Å². The average Bonchev–Trinajstić information content (AvgIpc) is 3.10. The summed E-state index contributed by atoms with van der Waals surface area (Å²) >= 11 is 0. The summed E-state index contributed by atoms with van der Waals surface area (Å²) in [6, 6.07) is 2.21. The Morgan fingerprint density at radius 1 is 1.37 bits per heavy atom. The third-order valence-corrected chi connectivity index (χ3v) is 3.49. The van der Waals surface area contributed by atoms with Crippen LogP contribution in [0.1, 0.15) is 49.0 Å². The molecule has 102 valence electrons. The fourth-order valence-corrected chi connectivity index (χ4v) is 2.56. The SMILES string of the molecule is CCc1nc([C@@H]2CCCN2Cc2cc(C)on2)no1. The molecule has 6 nitrogen and oxygen atoms in total. The lowest BCUT2D eigenvalue weighted by molar-refractivity contribution is 0.227. The molecule has 0 saturated carbocycles. The lowest BCUT2D eigenvalue weighted by Gasteiger charge is -2.20. The number of aromatic nitrogens is 3. The minimum Gasteiger partial charge on any atom is -0.361 e. The van der Waals surface area contributed by atoms with E-state index in [0.717, 1.165) is 49.6 Å². The van der Waals surface area contributed by atoms with Crippen molar-refractivity contribution in [1.29, 1.82) is 0 Å². The van der Waals surface area contributed by atoms with Crippen LogP contribution in [-0.2, 0) is 13.0 Å². The first-order valence-corrected chi connectivity index (χ1v) is 6.75. The van der Waals surface area contributed by atoms with E-state index in [1.54, 1.807) is 0 Å². The number of nitrogens with zero attached hydrogens (tertiary/aromatic N) is 4. The van der Waals surface area contributed by atoms with Gasteiger partial charge in [0, 0.05) is 19.0 Å². The normalized spacial score (nSPS) is 20.2. The summed E-state index contributed by atoms with van der Waals surface area (Å²) in [5, 5.41) is 8.14. The van der Waals surface area contributed by atoms with Crippen molar-refractivity contribution in [3.05, 3.63) is 29.2 Å². The molecule has 0 aromatic carbocycles. The highest BCUT2D eigenvalue weighted by molar-refractivity contribution is 5.06. The molecule has 0 amide bonds. The van der Waals surface area contributed by atoms with E-state index >= 15 is 0 Å². The highest BCUT2D eigenvalue weighted by atomic mass is 16.5. The summed E-state index contributed by atoms with van der Waals surface area (Å²) in [5.41, 5.74) is 0.962. The summed E-state index contributed by atoms with van der Waals surface area (Å²) in [6.07, 6.45) is 3.00. The summed E-state index contributed by atoms with van der Waals surface area (Å²) in [6.45, 7) is 5.73. The van der Waals surface area contributed by atoms with Gasteiger partial charge in [0.25, 0.3) is 0 Å². The third-order valence-electron chi connectivity index (χ3n) is 3.49. The number of hydrogen-bond acceptors (Lipinski definition) is 6. The minimum atomic E-state index is 0.237. The van der Waals surface area contributed by atoms with Crippen molar-refractivity contribution in [2.75, 3.05) is 6.54 Å². The molecule has 3 rings (SSSR count). The molecule has 2 aromatic rings. The van der Waals surface area contributed by atoms with Crippen molar-refractivity contribution in [3.8, 4) is 0 Å². The van der Waals surface area contributed by atoms with E-state index in [9.17, 15) is 0 Å². The van der Waals surface area contributed by atoms with Crippen LogP contribution in [0.15, 0.2) is 15.1 Å². The summed E-state index contributed by atoms with van der Waals surface area (Å²) < 4.78 is 10.3. The van der Waals surface area contributed by atoms with Crippen LogP contribution in [0, 0.1) is 6.92 Å². The molecular formula is C13H18N4O2. The molecule has 2 aromatic heterocycles. The molecule has 3 heterocycles. The third kappa shape index (κ3) is 2.53. The Kier molecular flexibility index (Phi) is 3.33. The van der Waals surface area contributed by atoms with Gasteiger partial charge in [-0.3, -0.25) is 4.90 Å². The lowest BCUT2D eigenvalue weighted by Crippen LogP contribution is -2.23. The molecule has 0 aliphatic carbocycles. The fourth-order valence-electron chi connectivity index (χ4n) is 2.56. The van der Waals surface area contributed by atoms with Crippen LogP contribution in [0.5, 0.6) is 0 Å². The Bertz CT molecular complexity index is 548. The molecule has 0 N–H and O–H groups in total. The van der Waals surface area contributed by atoms with Crippen molar-refractivity contribution >= 4 is 0 Å². The van der Waals surface area contributed by atoms with E-state index < -0.39 is 0 Å². The van der Waals surface area contributed by atoms with E-state index in [4.69, 9.17) is 9.05 Å². The van der Waals surface area contributed by atoms with E-state index in [-0.39, 0.29) is 6.04 Å². The van der Waals surface area contributed by atoms with Gasteiger partial charge >= 0.3 is 0 Å². The largest absolute Gasteiger partial charge is 0.361 e. The molecule has 1 atom stereocenters. The predicted molar refractivity (Wildman–Crippen MR) is 67.3 cm³/mol. The summed E-state index contributed by atoms with van der Waals surface area (Å²) in [4.78, 5) is 6.78. The van der Waals surface area contributed by atoms with Gasteiger partial charge in [0.2, 0.25) is 5.89 Å². The first kappa shape index (κ1) is 12.3. The maximum atomic E-state index is 5.21. The van der Waals surface area contributed by atoms with Gasteiger partial charge in [0.1, 0.15) is 5.76 Å². The van der Waals surface area contributed by atoms with Crippen LogP contribution in [0.25, 0.3) is 0 Å². The van der Waals surface area contributed by atoms with Gasteiger partial charge < -0.3 is 9.05 Å². The fraction of sp³-hybridized carbons (Fsp3) is 0.615. The van der Waals surface area contributed by atoms with E-state index in [1.807, 2.05) is 19.9 Å². The van der Waals surface area contributed by atoms with E-state index in [0.29, 0.717) is 5.89 Å². The Labute approximate surface area is 111 Å². The molecule has 1 aliphatic heterocycles. The van der Waals surface area contributed by atoms with Crippen molar-refractivity contribution < 1.29 is 9.05 Å². The van der Waals surface area contributed by atoms with Crippen LogP contribution < -0.4 is 0 Å². The quantitative estimate of drug-likeness (QED) is 0.842. The Morgan fingerprint density at radius 2 is 2.26 bits per heavy atom. The lowest BCUT2D eigenvalue weighted by atomic mass is 10.2.